The molecule has 0 atom stereocenters. The van der Waals surface area contributed by atoms with Crippen LogP contribution in [0.15, 0.2) is 127 Å². The third-order valence-corrected chi connectivity index (χ3v) is 12.5. The summed E-state index contributed by atoms with van der Waals surface area (Å²) in [4.78, 5) is 47.2. The minimum absolute atomic E-state index is 0. The molecule has 0 saturated carbocycles. The van der Waals surface area contributed by atoms with Crippen molar-refractivity contribution in [1.29, 1.82) is 0 Å². The van der Waals surface area contributed by atoms with E-state index < -0.39 is 11.6 Å². The summed E-state index contributed by atoms with van der Waals surface area (Å²) < 4.78 is 37.1. The maximum Gasteiger partial charge on any atom is 0.193 e. The zero-order valence-electron chi connectivity index (χ0n) is 49.8. The number of halogens is 6. The van der Waals surface area contributed by atoms with Crippen molar-refractivity contribution in [1.82, 2.24) is 0 Å². The van der Waals surface area contributed by atoms with Gasteiger partial charge in [0.25, 0.3) is 0 Å². The Morgan fingerprint density at radius 3 is 1.15 bits per heavy atom. The highest BCUT2D eigenvalue weighted by Crippen LogP contribution is 2.42. The van der Waals surface area contributed by atoms with Crippen molar-refractivity contribution in [3.05, 3.63) is 192 Å². The number of nitrogens with one attached hydrogen (secondary N) is 3. The lowest BCUT2D eigenvalue weighted by Gasteiger charge is -2.18. The summed E-state index contributed by atoms with van der Waals surface area (Å²) in [7, 11) is 7.21. The highest BCUT2D eigenvalue weighted by molar-refractivity contribution is 6.31. The van der Waals surface area contributed by atoms with E-state index in [1.54, 1.807) is 79.7 Å². The highest BCUT2D eigenvalue weighted by Gasteiger charge is 2.26. The Morgan fingerprint density at radius 1 is 0.437 bits per heavy atom. The number of ketones is 3. The van der Waals surface area contributed by atoms with Crippen LogP contribution in [-0.4, -0.2) is 86.9 Å². The molecule has 0 unspecified atom stereocenters. The SMILES string of the molecule is COCOc1c(CC=C(C)C)c(O)cc(OC)c1C(=O)/C=C/c1c[nH+]cc(Cl)c1.COCOc1cc(OC)c(C(=O)/C=C/c2c[nH+]cc(Cl)c2)c(O)c1CC=C(C)C.COc1cc(O)c(CC=C(C)C)c(O)c1C(=O)/C=C/c1c[nH+]cc(Cl)c1.[Cl-].[Cl-].[Cl-]. The van der Waals surface area contributed by atoms with Gasteiger partial charge in [-0.15, -0.1) is 0 Å². The van der Waals surface area contributed by atoms with E-state index in [1.165, 1.54) is 65.9 Å². The molecule has 0 spiro atoms. The molecular weight excluding hydrogens is 1250 g/mol. The topological polar surface area (TPSA) is 239 Å². The number of hydrogen-bond acceptors (Lipinski definition) is 14. The molecular formula is C64H71Cl6N3O14. The minimum Gasteiger partial charge on any atom is -1.00 e. The van der Waals surface area contributed by atoms with Crippen molar-refractivity contribution in [2.45, 2.75) is 60.8 Å². The number of methoxy groups -OCH3 is 5. The second-order valence-corrected chi connectivity index (χ2v) is 20.3. The van der Waals surface area contributed by atoms with E-state index in [0.717, 1.165) is 22.3 Å². The zero-order valence-corrected chi connectivity index (χ0v) is 54.3. The molecule has 0 aliphatic rings. The molecule has 0 radical (unpaired) electrons. The van der Waals surface area contributed by atoms with E-state index in [2.05, 4.69) is 15.0 Å². The van der Waals surface area contributed by atoms with Crippen molar-refractivity contribution in [2.75, 3.05) is 49.1 Å². The smallest absolute Gasteiger partial charge is 0.193 e. The van der Waals surface area contributed by atoms with Gasteiger partial charge < -0.3 is 90.8 Å². The molecule has 3 aromatic carbocycles. The Kier molecular flexibility index (Phi) is 34.9. The molecule has 468 valence electrons. The van der Waals surface area contributed by atoms with Crippen molar-refractivity contribution < 1.29 is 120 Å². The average Bonchev–Trinajstić information content (AvgIpc) is 1.26. The Balaban J connectivity index is 0.000000643. The number of benzene rings is 3. The summed E-state index contributed by atoms with van der Waals surface area (Å²) >= 11 is 17.8. The van der Waals surface area contributed by atoms with Crippen LogP contribution < -0.4 is 75.9 Å². The van der Waals surface area contributed by atoms with Gasteiger partial charge in [-0.1, -0.05) is 69.8 Å². The van der Waals surface area contributed by atoms with E-state index in [9.17, 15) is 34.8 Å². The third kappa shape index (κ3) is 23.9. The first-order valence-electron chi connectivity index (χ1n) is 25.9. The van der Waals surface area contributed by atoms with Crippen LogP contribution in [0.2, 0.25) is 15.1 Å². The van der Waals surface area contributed by atoms with E-state index in [1.807, 2.05) is 59.8 Å². The molecule has 0 aliphatic heterocycles. The number of rotatable bonds is 24. The van der Waals surface area contributed by atoms with E-state index in [4.69, 9.17) is 68.0 Å². The fourth-order valence-electron chi connectivity index (χ4n) is 7.67. The number of phenolic OH excluding ortho intramolecular Hbond substituents is 4. The zero-order chi connectivity index (χ0) is 62.0. The van der Waals surface area contributed by atoms with E-state index in [0.29, 0.717) is 62.3 Å². The predicted molar refractivity (Wildman–Crippen MR) is 324 cm³/mol. The number of aromatic hydroxyl groups is 4. The number of allylic oxidation sites excluding steroid dienone is 9. The van der Waals surface area contributed by atoms with Gasteiger partial charge in [0.1, 0.15) is 83.5 Å². The molecule has 23 heteroatoms. The molecule has 87 heavy (non-hydrogen) atoms. The molecule has 0 amide bonds. The maximum atomic E-state index is 13.0. The minimum atomic E-state index is -0.447. The van der Waals surface area contributed by atoms with Gasteiger partial charge in [-0.25, -0.2) is 15.0 Å². The number of carbonyl (C=O) groups is 3. The van der Waals surface area contributed by atoms with E-state index in [-0.39, 0.29) is 125 Å². The van der Waals surface area contributed by atoms with Gasteiger partial charge in [-0.2, -0.15) is 0 Å². The van der Waals surface area contributed by atoms with Gasteiger partial charge in [-0.3, -0.25) is 14.4 Å². The Morgan fingerprint density at radius 2 is 0.770 bits per heavy atom. The molecule has 6 rings (SSSR count). The quantitative estimate of drug-likeness (QED) is 0.0294. The van der Waals surface area contributed by atoms with Crippen LogP contribution in [0, 0.1) is 0 Å². The lowest BCUT2D eigenvalue weighted by Crippen LogP contribution is -3.00. The molecule has 3 aromatic heterocycles. The van der Waals surface area contributed by atoms with Crippen LogP contribution in [0.1, 0.15) is 106 Å². The predicted octanol–water partition coefficient (Wildman–Crippen LogP) is 3.50. The number of phenols is 4. The Hall–Kier alpha value is -7.58. The molecule has 7 N–H and O–H groups in total. The first-order chi connectivity index (χ1) is 40.1. The van der Waals surface area contributed by atoms with Gasteiger partial charge >= 0.3 is 0 Å². The number of carbonyl (C=O) groups excluding carboxylic acids is 3. The molecule has 0 aliphatic carbocycles. The summed E-state index contributed by atoms with van der Waals surface area (Å²) in [5.74, 6) is -0.654. The summed E-state index contributed by atoms with van der Waals surface area (Å²) in [5, 5.41) is 43.6. The first kappa shape index (κ1) is 77.4. The normalized spacial score (nSPS) is 10.4. The van der Waals surface area contributed by atoms with Crippen molar-refractivity contribution in [2.24, 2.45) is 0 Å². The number of aromatic nitrogens is 3. The Labute approximate surface area is 540 Å². The summed E-state index contributed by atoms with van der Waals surface area (Å²) in [6.45, 7) is 11.5. The van der Waals surface area contributed by atoms with Crippen molar-refractivity contribution in [3.63, 3.8) is 0 Å². The largest absolute Gasteiger partial charge is 1.00 e. The van der Waals surface area contributed by atoms with Gasteiger partial charge in [0.15, 0.2) is 68.1 Å². The number of H-pyrrole nitrogens is 3. The number of ether oxygens (including phenoxy) is 7. The number of hydrogen-bond donors (Lipinski definition) is 4. The third-order valence-electron chi connectivity index (χ3n) is 11.8. The van der Waals surface area contributed by atoms with E-state index >= 15 is 0 Å². The average molecular weight is 1320 g/mol. The number of aromatic amines is 3. The highest BCUT2D eigenvalue weighted by atomic mass is 35.5. The molecule has 0 bridgehead atoms. The molecule has 17 nitrogen and oxygen atoms in total. The summed E-state index contributed by atoms with van der Waals surface area (Å²) in [6, 6.07) is 9.46. The fraction of sp³-hybridized carbons (Fsp3) is 0.250. The molecule has 0 saturated heterocycles. The monoisotopic (exact) mass is 1320 g/mol. The van der Waals surface area contributed by atoms with Crippen LogP contribution in [0.3, 0.4) is 0 Å². The molecule has 0 fully saturated rings. The van der Waals surface area contributed by atoms with Gasteiger partial charge in [0.2, 0.25) is 0 Å². The van der Waals surface area contributed by atoms with Crippen LogP contribution in [-0.2, 0) is 28.7 Å². The Bertz CT molecular complexity index is 3460. The van der Waals surface area contributed by atoms with Crippen LogP contribution >= 0.6 is 34.8 Å². The first-order valence-corrected chi connectivity index (χ1v) is 27.0. The lowest BCUT2D eigenvalue weighted by atomic mass is 9.99. The second-order valence-electron chi connectivity index (χ2n) is 19.0. The van der Waals surface area contributed by atoms with Gasteiger partial charge in [0, 0.05) is 65.8 Å². The summed E-state index contributed by atoms with van der Waals surface area (Å²) in [6.07, 6.45) is 25.7. The fourth-order valence-corrected chi connectivity index (χ4v) is 8.23. The second kappa shape index (κ2) is 39.3. The van der Waals surface area contributed by atoms with Crippen LogP contribution in [0.5, 0.6) is 51.7 Å². The van der Waals surface area contributed by atoms with Crippen LogP contribution in [0.25, 0.3) is 18.2 Å². The standard InChI is InChI=1S/2C22H24ClNO5.C20H20ClNO4.3ClH/c1-14(2)5-7-17-19(29-13-27-3)10-20(28-4)21(22(17)26)18(25)8-6-15-9-16(23)12-24-11-15;1-14(2)5-7-17-19(26)10-20(28-4)21(22(17)29-13-27-3)18(25)8-6-15-9-16(23)12-24-11-15;1-12(2)4-6-15-17(24)9-18(26-3)19(20(15)25)16(23)7-5-13-8-14(21)11-22-10-13;;;/h2*5-6,8-12,26H,7,13H2,1-4H3;4-5,7-11,24-25H,6H2,1-3H3;3*1H/b2*8-6+;7-5+;;;. The lowest BCUT2D eigenvalue weighted by molar-refractivity contribution is -0.378. The summed E-state index contributed by atoms with van der Waals surface area (Å²) in [5.41, 5.74) is 6.85. The molecule has 6 aromatic rings. The van der Waals surface area contributed by atoms with Crippen LogP contribution in [0.4, 0.5) is 0 Å². The molecule has 3 heterocycles. The maximum absolute atomic E-state index is 13.0. The van der Waals surface area contributed by atoms with Gasteiger partial charge in [0.05, 0.1) is 21.3 Å². The van der Waals surface area contributed by atoms with Crippen molar-refractivity contribution >= 4 is 70.4 Å². The van der Waals surface area contributed by atoms with Gasteiger partial charge in [-0.05, 0) is 115 Å². The van der Waals surface area contributed by atoms with Crippen molar-refractivity contribution in [3.8, 4) is 51.7 Å². The number of pyridine rings is 3.